The minimum atomic E-state index is -0.261. The van der Waals surface area contributed by atoms with E-state index in [-0.39, 0.29) is 23.3 Å². The van der Waals surface area contributed by atoms with E-state index >= 15 is 0 Å². The molecule has 1 unspecified atom stereocenters. The van der Waals surface area contributed by atoms with Gasteiger partial charge in [0.15, 0.2) is 0 Å². The normalized spacial score (nSPS) is 19.3. The number of hydrogen-bond donors (Lipinski definition) is 1. The van der Waals surface area contributed by atoms with Gasteiger partial charge in [-0.3, -0.25) is 9.59 Å². The summed E-state index contributed by atoms with van der Waals surface area (Å²) < 4.78 is 0. The fourth-order valence-corrected chi connectivity index (χ4v) is 2.41. The Morgan fingerprint density at radius 2 is 1.85 bits per heavy atom. The van der Waals surface area contributed by atoms with Crippen molar-refractivity contribution in [3.8, 4) is 0 Å². The Balaban J connectivity index is 2.01. The Bertz CT molecular complexity index is 514. The van der Waals surface area contributed by atoms with Gasteiger partial charge in [0.05, 0.1) is 5.92 Å². The number of aryl methyl sites for hydroxylation is 1. The summed E-state index contributed by atoms with van der Waals surface area (Å²) in [5.74, 6) is -0.279. The number of nitrogens with one attached hydrogen (secondary N) is 1. The Labute approximate surface area is 120 Å². The van der Waals surface area contributed by atoms with E-state index in [2.05, 4.69) is 5.32 Å². The number of carbonyl (C=O) groups excluding carboxylic acids is 2. The number of likely N-dealkylation sites (tertiary alicyclic amines) is 1. The first-order valence-corrected chi connectivity index (χ1v) is 6.95. The number of nitrogens with zero attached hydrogens (tertiary/aromatic N) is 1. The van der Waals surface area contributed by atoms with Crippen LogP contribution in [0.4, 0.5) is 5.69 Å². The molecule has 0 aromatic heterocycles. The molecule has 4 heteroatoms. The molecular weight excluding hydrogens is 252 g/mol. The van der Waals surface area contributed by atoms with E-state index < -0.39 is 0 Å². The Hall–Kier alpha value is -1.84. The zero-order valence-electron chi connectivity index (χ0n) is 12.6. The van der Waals surface area contributed by atoms with Gasteiger partial charge in [0.25, 0.3) is 0 Å². The SMILES string of the molecule is Cc1ccc(NC(=O)C2CC(=O)N(C(C)(C)C)C2)cc1. The quantitative estimate of drug-likeness (QED) is 0.901. The molecule has 1 heterocycles. The lowest BCUT2D eigenvalue weighted by atomic mass is 10.1. The first-order valence-electron chi connectivity index (χ1n) is 6.95. The molecule has 1 fully saturated rings. The molecule has 0 saturated carbocycles. The monoisotopic (exact) mass is 274 g/mol. The van der Waals surface area contributed by atoms with Gasteiger partial charge in [-0.1, -0.05) is 17.7 Å². The van der Waals surface area contributed by atoms with Gasteiger partial charge < -0.3 is 10.2 Å². The van der Waals surface area contributed by atoms with Gasteiger partial charge in [0.2, 0.25) is 11.8 Å². The third-order valence-corrected chi connectivity index (χ3v) is 3.62. The van der Waals surface area contributed by atoms with Crippen molar-refractivity contribution in [3.63, 3.8) is 0 Å². The summed E-state index contributed by atoms with van der Waals surface area (Å²) in [5, 5.41) is 2.89. The second kappa shape index (κ2) is 5.27. The maximum atomic E-state index is 12.2. The lowest BCUT2D eigenvalue weighted by molar-refractivity contribution is -0.131. The van der Waals surface area contributed by atoms with E-state index in [1.165, 1.54) is 0 Å². The Morgan fingerprint density at radius 1 is 1.25 bits per heavy atom. The standard InChI is InChI=1S/C16H22N2O2/c1-11-5-7-13(8-6-11)17-15(20)12-9-14(19)18(10-12)16(2,3)4/h5-8,12H,9-10H2,1-4H3,(H,17,20). The average Bonchev–Trinajstić information content (AvgIpc) is 2.74. The molecule has 0 bridgehead atoms. The van der Waals surface area contributed by atoms with E-state index in [0.717, 1.165) is 11.3 Å². The number of anilines is 1. The molecule has 1 N–H and O–H groups in total. The summed E-state index contributed by atoms with van der Waals surface area (Å²) in [4.78, 5) is 26.0. The highest BCUT2D eigenvalue weighted by Crippen LogP contribution is 2.26. The molecule has 1 aliphatic heterocycles. The number of rotatable bonds is 2. The van der Waals surface area contributed by atoms with Crippen LogP contribution in [0.25, 0.3) is 0 Å². The van der Waals surface area contributed by atoms with Crippen LogP contribution in [0.3, 0.4) is 0 Å². The van der Waals surface area contributed by atoms with E-state index in [9.17, 15) is 9.59 Å². The summed E-state index contributed by atoms with van der Waals surface area (Å²) >= 11 is 0. The molecule has 20 heavy (non-hydrogen) atoms. The van der Waals surface area contributed by atoms with Crippen molar-refractivity contribution < 1.29 is 9.59 Å². The van der Waals surface area contributed by atoms with Gasteiger partial charge in [-0.2, -0.15) is 0 Å². The lowest BCUT2D eigenvalue weighted by Crippen LogP contribution is -2.42. The molecule has 0 spiro atoms. The smallest absolute Gasteiger partial charge is 0.229 e. The predicted molar refractivity (Wildman–Crippen MR) is 79.4 cm³/mol. The van der Waals surface area contributed by atoms with E-state index in [1.807, 2.05) is 52.0 Å². The molecule has 0 radical (unpaired) electrons. The molecule has 1 saturated heterocycles. The third kappa shape index (κ3) is 3.18. The minimum Gasteiger partial charge on any atom is -0.337 e. The van der Waals surface area contributed by atoms with Crippen LogP contribution in [0.15, 0.2) is 24.3 Å². The summed E-state index contributed by atoms with van der Waals surface area (Å²) in [5.41, 5.74) is 1.70. The molecule has 1 aliphatic rings. The molecular formula is C16H22N2O2. The van der Waals surface area contributed by atoms with Crippen molar-refractivity contribution >= 4 is 17.5 Å². The lowest BCUT2D eigenvalue weighted by Gasteiger charge is -2.31. The molecule has 1 atom stereocenters. The number of benzene rings is 1. The number of amides is 2. The van der Waals surface area contributed by atoms with Gasteiger partial charge in [0.1, 0.15) is 0 Å². The molecule has 2 amide bonds. The van der Waals surface area contributed by atoms with Crippen LogP contribution in [-0.2, 0) is 9.59 Å². The zero-order valence-corrected chi connectivity index (χ0v) is 12.6. The van der Waals surface area contributed by atoms with Crippen molar-refractivity contribution in [2.24, 2.45) is 5.92 Å². The van der Waals surface area contributed by atoms with Crippen LogP contribution in [0.1, 0.15) is 32.8 Å². The van der Waals surface area contributed by atoms with Crippen molar-refractivity contribution in [1.82, 2.24) is 4.90 Å². The van der Waals surface area contributed by atoms with Gasteiger partial charge in [-0.15, -0.1) is 0 Å². The van der Waals surface area contributed by atoms with Gasteiger partial charge in [-0.05, 0) is 39.8 Å². The van der Waals surface area contributed by atoms with Crippen molar-refractivity contribution in [3.05, 3.63) is 29.8 Å². The number of hydrogen-bond acceptors (Lipinski definition) is 2. The molecule has 4 nitrogen and oxygen atoms in total. The first kappa shape index (κ1) is 14.6. The fraction of sp³-hybridized carbons (Fsp3) is 0.500. The van der Waals surface area contributed by atoms with E-state index in [1.54, 1.807) is 4.90 Å². The Kier molecular flexibility index (Phi) is 3.84. The molecule has 108 valence electrons. The largest absolute Gasteiger partial charge is 0.337 e. The van der Waals surface area contributed by atoms with Crippen molar-refractivity contribution in [2.45, 2.75) is 39.7 Å². The Morgan fingerprint density at radius 3 is 2.35 bits per heavy atom. The summed E-state index contributed by atoms with van der Waals surface area (Å²) in [6.07, 6.45) is 0.301. The third-order valence-electron chi connectivity index (χ3n) is 3.62. The predicted octanol–water partition coefficient (Wildman–Crippen LogP) is 2.58. The summed E-state index contributed by atoms with van der Waals surface area (Å²) in [7, 11) is 0. The molecule has 2 rings (SSSR count). The summed E-state index contributed by atoms with van der Waals surface area (Å²) in [6.45, 7) is 8.48. The van der Waals surface area contributed by atoms with Crippen molar-refractivity contribution in [2.75, 3.05) is 11.9 Å². The average molecular weight is 274 g/mol. The maximum Gasteiger partial charge on any atom is 0.229 e. The van der Waals surface area contributed by atoms with Crippen LogP contribution in [0.2, 0.25) is 0 Å². The second-order valence-electron chi connectivity index (χ2n) is 6.43. The highest BCUT2D eigenvalue weighted by Gasteiger charge is 2.39. The minimum absolute atomic E-state index is 0.0570. The van der Waals surface area contributed by atoms with Crippen LogP contribution in [0, 0.1) is 12.8 Å². The second-order valence-corrected chi connectivity index (χ2v) is 6.43. The maximum absolute atomic E-state index is 12.2. The van der Waals surface area contributed by atoms with Crippen LogP contribution in [-0.4, -0.2) is 28.8 Å². The number of carbonyl (C=O) groups is 2. The topological polar surface area (TPSA) is 49.4 Å². The van der Waals surface area contributed by atoms with Gasteiger partial charge in [-0.25, -0.2) is 0 Å². The van der Waals surface area contributed by atoms with Crippen LogP contribution < -0.4 is 5.32 Å². The van der Waals surface area contributed by atoms with Gasteiger partial charge >= 0.3 is 0 Å². The highest BCUT2D eigenvalue weighted by molar-refractivity contribution is 5.97. The van der Waals surface area contributed by atoms with Crippen LogP contribution >= 0.6 is 0 Å². The molecule has 1 aromatic rings. The fourth-order valence-electron chi connectivity index (χ4n) is 2.41. The molecule has 0 aliphatic carbocycles. The first-order chi connectivity index (χ1) is 9.27. The van der Waals surface area contributed by atoms with Gasteiger partial charge in [0, 0.05) is 24.2 Å². The zero-order chi connectivity index (χ0) is 14.9. The molecule has 1 aromatic carbocycles. The van der Waals surface area contributed by atoms with E-state index in [0.29, 0.717) is 13.0 Å². The summed E-state index contributed by atoms with van der Waals surface area (Å²) in [6, 6.07) is 7.67. The van der Waals surface area contributed by atoms with E-state index in [4.69, 9.17) is 0 Å². The van der Waals surface area contributed by atoms with Crippen LogP contribution in [0.5, 0.6) is 0 Å². The highest BCUT2D eigenvalue weighted by atomic mass is 16.2. The van der Waals surface area contributed by atoms with Crippen molar-refractivity contribution in [1.29, 1.82) is 0 Å².